The Kier molecular flexibility index (Phi) is 14.6. The van der Waals surface area contributed by atoms with Crippen molar-refractivity contribution in [1.82, 2.24) is 15.4 Å². The van der Waals surface area contributed by atoms with Crippen LogP contribution in [-0.4, -0.2) is 77.6 Å². The molecule has 0 spiro atoms. The maximum Gasteiger partial charge on any atom is 0.254 e. The van der Waals surface area contributed by atoms with Gasteiger partial charge in [-0.05, 0) is 95.0 Å². The zero-order chi connectivity index (χ0) is 35.4. The van der Waals surface area contributed by atoms with Crippen LogP contribution in [0.15, 0.2) is 40.9 Å². The van der Waals surface area contributed by atoms with E-state index >= 15 is 0 Å². The zero-order valence-corrected chi connectivity index (χ0v) is 29.7. The van der Waals surface area contributed by atoms with E-state index in [9.17, 15) is 14.4 Å². The molecule has 0 saturated heterocycles. The molecule has 0 aliphatic rings. The van der Waals surface area contributed by atoms with Crippen molar-refractivity contribution in [2.24, 2.45) is 11.7 Å². The average Bonchev–Trinajstić information content (AvgIpc) is 3.44. The summed E-state index contributed by atoms with van der Waals surface area (Å²) in [4.78, 5) is 40.5. The van der Waals surface area contributed by atoms with E-state index in [1.807, 2.05) is 46.4 Å². The van der Waals surface area contributed by atoms with Gasteiger partial charge in [0.05, 0.1) is 31.8 Å². The van der Waals surface area contributed by atoms with Gasteiger partial charge in [0.2, 0.25) is 11.8 Å². The molecule has 2 aromatic carbocycles. The largest absolute Gasteiger partial charge is 0.493 e. The van der Waals surface area contributed by atoms with Gasteiger partial charge < -0.3 is 40.0 Å². The van der Waals surface area contributed by atoms with Gasteiger partial charge in [0, 0.05) is 23.7 Å². The maximum absolute atomic E-state index is 13.1. The van der Waals surface area contributed by atoms with Gasteiger partial charge in [-0.15, -0.1) is 0 Å². The molecule has 4 N–H and O–H groups in total. The summed E-state index contributed by atoms with van der Waals surface area (Å²) in [5.41, 5.74) is 6.93. The van der Waals surface area contributed by atoms with Crippen molar-refractivity contribution in [3.8, 4) is 17.2 Å². The molecule has 3 rings (SSSR count). The van der Waals surface area contributed by atoms with E-state index in [1.54, 1.807) is 43.5 Å². The first-order valence-corrected chi connectivity index (χ1v) is 16.8. The number of nitrogens with zero attached hydrogens (tertiary/aromatic N) is 2. The lowest BCUT2D eigenvalue weighted by Gasteiger charge is -2.31. The lowest BCUT2D eigenvalue weighted by molar-refractivity contribution is -0.128. The van der Waals surface area contributed by atoms with Gasteiger partial charge in [-0.3, -0.25) is 14.4 Å². The van der Waals surface area contributed by atoms with Crippen molar-refractivity contribution in [2.75, 3.05) is 25.6 Å². The van der Waals surface area contributed by atoms with Crippen molar-refractivity contribution in [3.63, 3.8) is 0 Å². The Morgan fingerprint density at radius 1 is 0.958 bits per heavy atom. The SMILES string of the molecule is COc1cc(C(=O)N(C(C)C)C(C)C)ccc1OCCCCOc1ccc2c(NC(=O)C(NC(=O)C(N)CCC=S)C(C)C)noc2c1. The second-order valence-corrected chi connectivity index (χ2v) is 12.8. The van der Waals surface area contributed by atoms with Crippen LogP contribution < -0.4 is 30.6 Å². The summed E-state index contributed by atoms with van der Waals surface area (Å²) in [5, 5.41) is 11.6. The number of fused-ring (bicyclic) bond motifs is 1. The van der Waals surface area contributed by atoms with E-state index in [-0.39, 0.29) is 29.7 Å². The molecule has 0 fully saturated rings. The van der Waals surface area contributed by atoms with Gasteiger partial charge >= 0.3 is 0 Å². The highest BCUT2D eigenvalue weighted by molar-refractivity contribution is 7.78. The monoisotopic (exact) mass is 683 g/mol. The summed E-state index contributed by atoms with van der Waals surface area (Å²) in [5.74, 6) is 0.826. The molecule has 0 radical (unpaired) electrons. The number of hydrogen-bond acceptors (Lipinski definition) is 10. The van der Waals surface area contributed by atoms with Crippen LogP contribution in [-0.2, 0) is 9.59 Å². The lowest BCUT2D eigenvalue weighted by Crippen LogP contribution is -2.52. The number of nitrogens with two attached hydrogens (primary N) is 1. The molecule has 0 aliphatic heterocycles. The Bertz CT molecular complexity index is 1530. The van der Waals surface area contributed by atoms with Gasteiger partial charge in [-0.1, -0.05) is 31.2 Å². The van der Waals surface area contributed by atoms with Gasteiger partial charge in [-0.25, -0.2) is 0 Å². The molecule has 2 atom stereocenters. The molecule has 13 heteroatoms. The van der Waals surface area contributed by atoms with Gasteiger partial charge in [-0.2, -0.15) is 0 Å². The number of anilines is 1. The molecule has 2 unspecified atom stereocenters. The van der Waals surface area contributed by atoms with E-state index in [0.717, 1.165) is 12.8 Å². The van der Waals surface area contributed by atoms with Gasteiger partial charge in [0.1, 0.15) is 11.8 Å². The van der Waals surface area contributed by atoms with Crippen LogP contribution in [0, 0.1) is 5.92 Å². The summed E-state index contributed by atoms with van der Waals surface area (Å²) in [6.07, 6.45) is 2.38. The van der Waals surface area contributed by atoms with Crippen LogP contribution >= 0.6 is 12.2 Å². The van der Waals surface area contributed by atoms with Crippen LogP contribution in [0.5, 0.6) is 17.2 Å². The number of unbranched alkanes of at least 4 members (excludes halogenated alkanes) is 1. The third kappa shape index (κ3) is 10.4. The van der Waals surface area contributed by atoms with Crippen LogP contribution in [0.25, 0.3) is 11.0 Å². The van der Waals surface area contributed by atoms with Gasteiger partial charge in [0.25, 0.3) is 5.91 Å². The van der Waals surface area contributed by atoms with Crippen LogP contribution in [0.4, 0.5) is 5.82 Å². The van der Waals surface area contributed by atoms with Crippen LogP contribution in [0.2, 0.25) is 0 Å². The summed E-state index contributed by atoms with van der Waals surface area (Å²) in [6.45, 7) is 12.5. The highest BCUT2D eigenvalue weighted by atomic mass is 32.1. The highest BCUT2D eigenvalue weighted by Crippen LogP contribution is 2.30. The number of nitrogens with one attached hydrogen (secondary N) is 2. The predicted octanol–water partition coefficient (Wildman–Crippen LogP) is 5.52. The number of thiocarbonyl (C=S) groups is 1. The number of amides is 3. The first kappa shape index (κ1) is 38.2. The third-order valence-electron chi connectivity index (χ3n) is 7.69. The second-order valence-electron chi connectivity index (χ2n) is 12.4. The normalized spacial score (nSPS) is 12.6. The van der Waals surface area contributed by atoms with Crippen molar-refractivity contribution in [1.29, 1.82) is 0 Å². The molecular weight excluding hydrogens is 634 g/mol. The molecule has 3 amide bonds. The van der Waals surface area contributed by atoms with Crippen molar-refractivity contribution in [2.45, 2.75) is 91.4 Å². The van der Waals surface area contributed by atoms with E-state index in [4.69, 9.17) is 36.7 Å². The summed E-state index contributed by atoms with van der Waals surface area (Å²) in [6, 6.07) is 9.06. The highest BCUT2D eigenvalue weighted by Gasteiger charge is 2.28. The van der Waals surface area contributed by atoms with Crippen LogP contribution in [0.1, 0.15) is 77.6 Å². The minimum Gasteiger partial charge on any atom is -0.493 e. The van der Waals surface area contributed by atoms with E-state index < -0.39 is 23.9 Å². The Balaban J connectivity index is 1.50. The van der Waals surface area contributed by atoms with E-state index in [1.165, 1.54) is 5.37 Å². The Morgan fingerprint density at radius 2 is 1.65 bits per heavy atom. The topological polar surface area (TPSA) is 158 Å². The molecular formula is C35H49N5O7S. The minimum atomic E-state index is -0.815. The first-order valence-electron chi connectivity index (χ1n) is 16.3. The molecule has 0 bridgehead atoms. The third-order valence-corrected chi connectivity index (χ3v) is 7.92. The van der Waals surface area contributed by atoms with Crippen molar-refractivity contribution >= 4 is 52.1 Å². The van der Waals surface area contributed by atoms with E-state index in [2.05, 4.69) is 15.8 Å². The molecule has 48 heavy (non-hydrogen) atoms. The fourth-order valence-electron chi connectivity index (χ4n) is 5.18. The number of carbonyl (C=O) groups excluding carboxylic acids is 3. The molecule has 0 aliphatic carbocycles. The number of carbonyl (C=O) groups is 3. The smallest absolute Gasteiger partial charge is 0.254 e. The fraction of sp³-hybridized carbons (Fsp3) is 0.514. The Morgan fingerprint density at radius 3 is 2.27 bits per heavy atom. The van der Waals surface area contributed by atoms with Crippen molar-refractivity contribution in [3.05, 3.63) is 42.0 Å². The average molecular weight is 684 g/mol. The Hall–Kier alpha value is -4.23. The summed E-state index contributed by atoms with van der Waals surface area (Å²) < 4.78 is 22.8. The van der Waals surface area contributed by atoms with E-state index in [0.29, 0.717) is 59.8 Å². The van der Waals surface area contributed by atoms with Gasteiger partial charge in [0.15, 0.2) is 22.9 Å². The number of ether oxygens (including phenoxy) is 3. The molecule has 262 valence electrons. The zero-order valence-electron chi connectivity index (χ0n) is 28.9. The number of hydrogen-bond donors (Lipinski definition) is 3. The quantitative estimate of drug-likeness (QED) is 0.109. The Labute approximate surface area is 288 Å². The summed E-state index contributed by atoms with van der Waals surface area (Å²) >= 11 is 4.80. The summed E-state index contributed by atoms with van der Waals surface area (Å²) in [7, 11) is 1.56. The predicted molar refractivity (Wildman–Crippen MR) is 190 cm³/mol. The fourth-order valence-corrected chi connectivity index (χ4v) is 5.31. The second kappa shape index (κ2) is 18.3. The molecule has 1 heterocycles. The lowest BCUT2D eigenvalue weighted by atomic mass is 10.0. The number of methoxy groups -OCH3 is 1. The number of benzene rings is 2. The molecule has 1 aromatic heterocycles. The first-order chi connectivity index (χ1) is 22.9. The number of rotatable bonds is 19. The minimum absolute atomic E-state index is 0.0492. The molecule has 12 nitrogen and oxygen atoms in total. The number of aromatic nitrogens is 1. The maximum atomic E-state index is 13.1. The van der Waals surface area contributed by atoms with Crippen LogP contribution in [0.3, 0.4) is 0 Å². The standard InChI is InChI=1S/C35H49N5O7S/c1-21(2)31(37-33(41)27(36)11-10-18-48)34(42)38-32-26-14-13-25(20-29(26)47-39-32)45-16-8-9-17-46-28-15-12-24(19-30(28)44-7)35(43)40(22(3)4)23(5)6/h12-15,18-23,27,31H,8-11,16-17,36H2,1-7H3,(H,37,41)(H,38,39,42). The van der Waals surface area contributed by atoms with Crippen molar-refractivity contribution < 1.29 is 33.1 Å². The molecule has 3 aromatic rings. The molecule has 0 saturated carbocycles.